The van der Waals surface area contributed by atoms with Gasteiger partial charge in [-0.05, 0) is 65.6 Å². The normalized spacial score (nSPS) is 13.8. The molecule has 0 bridgehead atoms. The Morgan fingerprint density at radius 1 is 0.811 bits per heavy atom. The van der Waals surface area contributed by atoms with Gasteiger partial charge in [-0.25, -0.2) is 14.0 Å². The van der Waals surface area contributed by atoms with Crippen LogP contribution >= 0.6 is 0 Å². The Morgan fingerprint density at radius 2 is 1.41 bits per heavy atom. The molecule has 0 aliphatic carbocycles. The van der Waals surface area contributed by atoms with Crippen LogP contribution in [0.1, 0.15) is 26.3 Å². The molecular weight excluding hydrogens is 475 g/mol. The average molecular weight is 499 g/mol. The number of ether oxygens (including phenoxy) is 1. The summed E-state index contributed by atoms with van der Waals surface area (Å²) < 4.78 is 20.8. The summed E-state index contributed by atoms with van der Waals surface area (Å²) in [5, 5.41) is 24.8. The van der Waals surface area contributed by atoms with E-state index in [-0.39, 0.29) is 29.7 Å². The van der Waals surface area contributed by atoms with Gasteiger partial charge in [-0.1, -0.05) is 42.5 Å². The van der Waals surface area contributed by atoms with E-state index in [1.165, 1.54) is 12.1 Å². The van der Waals surface area contributed by atoms with E-state index in [0.717, 1.165) is 16.8 Å². The Morgan fingerprint density at radius 3 is 2.03 bits per heavy atom. The van der Waals surface area contributed by atoms with E-state index in [2.05, 4.69) is 10.6 Å². The summed E-state index contributed by atoms with van der Waals surface area (Å²) in [4.78, 5) is 22.4. The van der Waals surface area contributed by atoms with Gasteiger partial charge in [-0.15, -0.1) is 0 Å². The molecule has 4 aromatic carbocycles. The molecule has 1 unspecified atom stereocenters. The summed E-state index contributed by atoms with van der Waals surface area (Å²) in [6.45, 7) is 1.92. The first kappa shape index (κ1) is 23.9. The standard InChI is InChI=1S/C29H23FN2O5/c1-16-2-11-21(12-22(16)29(35)36)37-15-27-31-25-13-23(24(30)14-26(25)32-27)19-7-3-17(4-8-19)18-5-9-20(10-6-18)28(33)34/h2-14,27,31-32H,15H2,1H3,(H,33,34)(H,35,36). The first-order chi connectivity index (χ1) is 17.8. The van der Waals surface area contributed by atoms with Crippen LogP contribution in [-0.4, -0.2) is 34.9 Å². The lowest BCUT2D eigenvalue weighted by atomic mass is 9.99. The third kappa shape index (κ3) is 4.95. The van der Waals surface area contributed by atoms with Crippen molar-refractivity contribution in [2.45, 2.75) is 13.1 Å². The van der Waals surface area contributed by atoms with Crippen LogP contribution in [0.3, 0.4) is 0 Å². The van der Waals surface area contributed by atoms with Crippen molar-refractivity contribution in [3.63, 3.8) is 0 Å². The number of hydrogen-bond acceptors (Lipinski definition) is 5. The Bertz CT molecular complexity index is 1500. The van der Waals surface area contributed by atoms with Gasteiger partial charge in [0.1, 0.15) is 24.3 Å². The van der Waals surface area contributed by atoms with Crippen LogP contribution in [0.4, 0.5) is 15.8 Å². The minimum absolute atomic E-state index is 0.183. The molecule has 186 valence electrons. The van der Waals surface area contributed by atoms with Gasteiger partial charge in [0.25, 0.3) is 0 Å². The Hall–Kier alpha value is -4.85. The monoisotopic (exact) mass is 498 g/mol. The van der Waals surface area contributed by atoms with Gasteiger partial charge in [-0.2, -0.15) is 0 Å². The molecule has 4 aromatic rings. The Balaban J connectivity index is 1.28. The maximum atomic E-state index is 15.0. The molecule has 37 heavy (non-hydrogen) atoms. The summed E-state index contributed by atoms with van der Waals surface area (Å²) >= 11 is 0. The predicted octanol–water partition coefficient (Wildman–Crippen LogP) is 6.11. The van der Waals surface area contributed by atoms with E-state index in [0.29, 0.717) is 28.1 Å². The van der Waals surface area contributed by atoms with Crippen molar-refractivity contribution < 1.29 is 28.9 Å². The lowest BCUT2D eigenvalue weighted by Crippen LogP contribution is -2.29. The molecule has 1 heterocycles. The molecule has 0 spiro atoms. The molecule has 0 amide bonds. The lowest BCUT2D eigenvalue weighted by molar-refractivity contribution is 0.0685. The second-order valence-corrected chi connectivity index (χ2v) is 8.77. The fourth-order valence-electron chi connectivity index (χ4n) is 4.28. The van der Waals surface area contributed by atoms with E-state index in [9.17, 15) is 19.1 Å². The molecule has 1 aliphatic heterocycles. The quantitative estimate of drug-likeness (QED) is 0.244. The van der Waals surface area contributed by atoms with Crippen molar-refractivity contribution >= 4 is 23.3 Å². The highest BCUT2D eigenvalue weighted by Gasteiger charge is 2.23. The first-order valence-electron chi connectivity index (χ1n) is 11.6. The maximum absolute atomic E-state index is 15.0. The lowest BCUT2D eigenvalue weighted by Gasteiger charge is -2.14. The number of nitrogens with one attached hydrogen (secondary N) is 2. The third-order valence-corrected chi connectivity index (χ3v) is 6.28. The van der Waals surface area contributed by atoms with Gasteiger partial charge in [0.05, 0.1) is 22.5 Å². The smallest absolute Gasteiger partial charge is 0.336 e. The number of fused-ring (bicyclic) bond motifs is 1. The van der Waals surface area contributed by atoms with Crippen molar-refractivity contribution in [3.05, 3.63) is 101 Å². The highest BCUT2D eigenvalue weighted by Crippen LogP contribution is 2.36. The highest BCUT2D eigenvalue weighted by atomic mass is 19.1. The van der Waals surface area contributed by atoms with Crippen LogP contribution in [0, 0.1) is 12.7 Å². The number of aromatic carboxylic acids is 2. The van der Waals surface area contributed by atoms with Gasteiger partial charge in [0.15, 0.2) is 0 Å². The summed E-state index contributed by atoms with van der Waals surface area (Å²) in [6, 6.07) is 22.0. The highest BCUT2D eigenvalue weighted by molar-refractivity contribution is 5.90. The van der Waals surface area contributed by atoms with Crippen molar-refractivity contribution in [1.82, 2.24) is 0 Å². The topological polar surface area (TPSA) is 108 Å². The molecule has 0 radical (unpaired) electrons. The molecule has 0 fully saturated rings. The summed E-state index contributed by atoms with van der Waals surface area (Å²) in [5.41, 5.74) is 5.29. The fourth-order valence-corrected chi connectivity index (χ4v) is 4.28. The molecule has 1 aliphatic rings. The molecule has 7 nitrogen and oxygen atoms in total. The Labute approximate surface area is 212 Å². The van der Waals surface area contributed by atoms with Crippen LogP contribution in [-0.2, 0) is 0 Å². The molecule has 0 saturated heterocycles. The second kappa shape index (κ2) is 9.66. The molecule has 8 heteroatoms. The minimum atomic E-state index is -1.01. The van der Waals surface area contributed by atoms with Gasteiger partial charge < -0.3 is 25.6 Å². The van der Waals surface area contributed by atoms with E-state index >= 15 is 0 Å². The second-order valence-electron chi connectivity index (χ2n) is 8.77. The average Bonchev–Trinajstić information content (AvgIpc) is 3.29. The number of hydrogen-bond donors (Lipinski definition) is 4. The first-order valence-corrected chi connectivity index (χ1v) is 11.6. The molecule has 4 N–H and O–H groups in total. The Kier molecular flexibility index (Phi) is 6.23. The maximum Gasteiger partial charge on any atom is 0.336 e. The summed E-state index contributed by atoms with van der Waals surface area (Å²) in [7, 11) is 0. The third-order valence-electron chi connectivity index (χ3n) is 6.28. The molecule has 0 aromatic heterocycles. The molecular formula is C29H23FN2O5. The van der Waals surface area contributed by atoms with E-state index in [4.69, 9.17) is 9.84 Å². The van der Waals surface area contributed by atoms with Gasteiger partial charge in [0, 0.05) is 5.56 Å². The SMILES string of the molecule is Cc1ccc(OCC2Nc3cc(F)c(-c4ccc(-c5ccc(C(=O)O)cc5)cc4)cc3N2)cc1C(=O)O. The number of carboxylic acids is 2. The van der Waals surface area contributed by atoms with Crippen molar-refractivity contribution in [2.24, 2.45) is 0 Å². The number of anilines is 2. The largest absolute Gasteiger partial charge is 0.489 e. The molecule has 0 saturated carbocycles. The van der Waals surface area contributed by atoms with Gasteiger partial charge in [0.2, 0.25) is 0 Å². The van der Waals surface area contributed by atoms with Crippen LogP contribution in [0.25, 0.3) is 22.3 Å². The van der Waals surface area contributed by atoms with E-state index in [1.807, 2.05) is 24.3 Å². The number of rotatable bonds is 7. The number of carboxylic acid groups (broad SMARTS) is 2. The summed E-state index contributed by atoms with van der Waals surface area (Å²) in [5.74, 6) is -1.93. The van der Waals surface area contributed by atoms with Gasteiger partial charge in [-0.3, -0.25) is 0 Å². The number of aryl methyl sites for hydroxylation is 1. The summed E-state index contributed by atoms with van der Waals surface area (Å²) in [6.07, 6.45) is -0.324. The minimum Gasteiger partial charge on any atom is -0.489 e. The zero-order chi connectivity index (χ0) is 26.1. The molecule has 1 atom stereocenters. The van der Waals surface area contributed by atoms with Crippen LogP contribution in [0.15, 0.2) is 78.9 Å². The zero-order valence-electron chi connectivity index (χ0n) is 19.8. The number of benzene rings is 4. The number of carbonyl (C=O) groups is 2. The fraction of sp³-hybridized carbons (Fsp3) is 0.103. The van der Waals surface area contributed by atoms with Crippen LogP contribution < -0.4 is 15.4 Å². The van der Waals surface area contributed by atoms with Crippen LogP contribution in [0.2, 0.25) is 0 Å². The van der Waals surface area contributed by atoms with E-state index in [1.54, 1.807) is 49.4 Å². The zero-order valence-corrected chi connectivity index (χ0v) is 19.8. The predicted molar refractivity (Wildman–Crippen MR) is 139 cm³/mol. The van der Waals surface area contributed by atoms with Crippen LogP contribution in [0.5, 0.6) is 5.75 Å². The molecule has 5 rings (SSSR count). The van der Waals surface area contributed by atoms with Gasteiger partial charge >= 0.3 is 11.9 Å². The van der Waals surface area contributed by atoms with Crippen molar-refractivity contribution in [1.29, 1.82) is 0 Å². The van der Waals surface area contributed by atoms with Crippen molar-refractivity contribution in [2.75, 3.05) is 17.2 Å². The van der Waals surface area contributed by atoms with Crippen molar-refractivity contribution in [3.8, 4) is 28.0 Å². The van der Waals surface area contributed by atoms with E-state index < -0.39 is 11.9 Å². The number of halogens is 1.